The van der Waals surface area contributed by atoms with Gasteiger partial charge in [0.25, 0.3) is 0 Å². The van der Waals surface area contributed by atoms with Crippen molar-refractivity contribution in [1.29, 1.82) is 0 Å². The summed E-state index contributed by atoms with van der Waals surface area (Å²) < 4.78 is 15.9. The molecule has 2 heterocycles. The van der Waals surface area contributed by atoms with E-state index in [1.54, 1.807) is 47.7 Å². The number of aromatic nitrogens is 1. The maximum absolute atomic E-state index is 13.3. The Morgan fingerprint density at radius 3 is 2.35 bits per heavy atom. The van der Waals surface area contributed by atoms with Gasteiger partial charge in [0.2, 0.25) is 0 Å². The third-order valence-electron chi connectivity index (χ3n) is 4.63. The van der Waals surface area contributed by atoms with E-state index in [0.717, 1.165) is 0 Å². The fraction of sp³-hybridized carbons (Fsp3) is 0.714. The summed E-state index contributed by atoms with van der Waals surface area (Å²) in [4.78, 5) is 42.2. The highest BCUT2D eigenvalue weighted by Gasteiger charge is 2.55. The number of esters is 2. The smallest absolute Gasteiger partial charge is 0.407 e. The summed E-state index contributed by atoms with van der Waals surface area (Å²) in [5.41, 5.74) is -2.55. The van der Waals surface area contributed by atoms with Gasteiger partial charge in [-0.3, -0.25) is 14.9 Å². The zero-order chi connectivity index (χ0) is 23.4. The average Bonchev–Trinajstić information content (AvgIpc) is 3.26. The first-order chi connectivity index (χ1) is 14.3. The summed E-state index contributed by atoms with van der Waals surface area (Å²) in [7, 11) is 1.32. The Bertz CT molecular complexity index is 784. The lowest BCUT2D eigenvalue weighted by Crippen LogP contribution is -2.53. The fourth-order valence-electron chi connectivity index (χ4n) is 3.43. The summed E-state index contributed by atoms with van der Waals surface area (Å²) in [6.07, 6.45) is 1.43. The van der Waals surface area contributed by atoms with E-state index in [-0.39, 0.29) is 19.4 Å². The summed E-state index contributed by atoms with van der Waals surface area (Å²) in [6.45, 7) is 10.8. The van der Waals surface area contributed by atoms with Crippen LogP contribution in [0.1, 0.15) is 65.4 Å². The molecule has 31 heavy (non-hydrogen) atoms. The number of amides is 1. The van der Waals surface area contributed by atoms with E-state index in [1.807, 2.05) is 5.38 Å². The van der Waals surface area contributed by atoms with Gasteiger partial charge in [-0.25, -0.2) is 9.78 Å². The molecule has 0 bridgehead atoms. The van der Waals surface area contributed by atoms with Gasteiger partial charge in [-0.15, -0.1) is 11.3 Å². The van der Waals surface area contributed by atoms with Gasteiger partial charge in [0, 0.05) is 18.1 Å². The number of hydrogen-bond acceptors (Lipinski definition) is 9. The van der Waals surface area contributed by atoms with Gasteiger partial charge < -0.3 is 19.5 Å². The molecule has 9 nitrogen and oxygen atoms in total. The summed E-state index contributed by atoms with van der Waals surface area (Å²) >= 11 is 1.39. The van der Waals surface area contributed by atoms with E-state index in [9.17, 15) is 14.4 Å². The molecular weight excluding hydrogens is 422 g/mol. The van der Waals surface area contributed by atoms with Crippen molar-refractivity contribution < 1.29 is 28.6 Å². The predicted octanol–water partition coefficient (Wildman–Crippen LogP) is 2.96. The third kappa shape index (κ3) is 6.90. The van der Waals surface area contributed by atoms with Crippen molar-refractivity contribution in [3.8, 4) is 0 Å². The second-order valence-electron chi connectivity index (χ2n) is 9.59. The molecule has 3 atom stereocenters. The number of carbonyl (C=O) groups is 3. The minimum absolute atomic E-state index is 0.152. The standard InChI is InChI=1S/C21H33N3O6S/c1-19(2,3)29-17(26)21(8-9-23-18(27)30-20(4,5)6)12-13(16(25)28-7)14(24-21)15-22-10-11-31-15/h10-11,13-14,24H,8-9,12H2,1-7H3,(H,23,27)/t13-,14+,21-/m0/s1. The number of hydrogen-bond donors (Lipinski definition) is 2. The Labute approximate surface area is 187 Å². The Hall–Kier alpha value is -2.20. The van der Waals surface area contributed by atoms with E-state index < -0.39 is 46.7 Å². The Balaban J connectivity index is 2.26. The van der Waals surface area contributed by atoms with Crippen molar-refractivity contribution >= 4 is 29.4 Å². The van der Waals surface area contributed by atoms with Crippen molar-refractivity contribution in [3.05, 3.63) is 16.6 Å². The highest BCUT2D eigenvalue weighted by molar-refractivity contribution is 7.09. The molecule has 0 saturated carbocycles. The minimum atomic E-state index is -1.20. The maximum Gasteiger partial charge on any atom is 0.407 e. The summed E-state index contributed by atoms with van der Waals surface area (Å²) in [5.74, 6) is -1.54. The monoisotopic (exact) mass is 455 g/mol. The number of methoxy groups -OCH3 is 1. The van der Waals surface area contributed by atoms with Gasteiger partial charge in [-0.2, -0.15) is 0 Å². The Morgan fingerprint density at radius 1 is 1.19 bits per heavy atom. The molecule has 1 aliphatic rings. The lowest BCUT2D eigenvalue weighted by molar-refractivity contribution is -0.163. The fourth-order valence-corrected chi connectivity index (χ4v) is 4.18. The predicted molar refractivity (Wildman–Crippen MR) is 116 cm³/mol. The van der Waals surface area contributed by atoms with Crippen molar-refractivity contribution in [2.75, 3.05) is 13.7 Å². The molecule has 0 spiro atoms. The molecule has 0 radical (unpaired) electrons. The van der Waals surface area contributed by atoms with Crippen LogP contribution < -0.4 is 10.6 Å². The molecule has 1 aromatic rings. The normalized spacial score (nSPS) is 23.8. The van der Waals surface area contributed by atoms with Crippen LogP contribution in [0.5, 0.6) is 0 Å². The van der Waals surface area contributed by atoms with Crippen LogP contribution in [0.4, 0.5) is 4.79 Å². The van der Waals surface area contributed by atoms with Crippen LogP contribution in [0.3, 0.4) is 0 Å². The first kappa shape index (κ1) is 25.1. The van der Waals surface area contributed by atoms with Crippen LogP contribution in [0, 0.1) is 5.92 Å². The molecule has 10 heteroatoms. The van der Waals surface area contributed by atoms with E-state index in [4.69, 9.17) is 14.2 Å². The highest BCUT2D eigenvalue weighted by Crippen LogP contribution is 2.42. The summed E-state index contributed by atoms with van der Waals surface area (Å²) in [5, 5.41) is 8.46. The topological polar surface area (TPSA) is 116 Å². The number of nitrogens with zero attached hydrogens (tertiary/aromatic N) is 1. The van der Waals surface area contributed by atoms with E-state index in [1.165, 1.54) is 18.4 Å². The number of rotatable bonds is 6. The first-order valence-electron chi connectivity index (χ1n) is 10.2. The lowest BCUT2D eigenvalue weighted by atomic mass is 9.88. The van der Waals surface area contributed by atoms with Crippen LogP contribution in [0.25, 0.3) is 0 Å². The highest BCUT2D eigenvalue weighted by atomic mass is 32.1. The molecular formula is C21H33N3O6S. The average molecular weight is 456 g/mol. The number of thiazole rings is 1. The first-order valence-corrected chi connectivity index (χ1v) is 11.1. The van der Waals surface area contributed by atoms with Crippen molar-refractivity contribution in [1.82, 2.24) is 15.6 Å². The molecule has 0 aromatic carbocycles. The van der Waals surface area contributed by atoms with Crippen molar-refractivity contribution in [2.45, 2.75) is 77.2 Å². The third-order valence-corrected chi connectivity index (χ3v) is 5.49. The molecule has 1 amide bonds. The van der Waals surface area contributed by atoms with Crippen molar-refractivity contribution in [3.63, 3.8) is 0 Å². The number of nitrogens with one attached hydrogen (secondary N) is 2. The van der Waals surface area contributed by atoms with Crippen molar-refractivity contribution in [2.24, 2.45) is 5.92 Å². The van der Waals surface area contributed by atoms with Crippen LogP contribution in [0.15, 0.2) is 11.6 Å². The second kappa shape index (κ2) is 9.52. The van der Waals surface area contributed by atoms with E-state index >= 15 is 0 Å². The van der Waals surface area contributed by atoms with Crippen LogP contribution in [-0.2, 0) is 23.8 Å². The quantitative estimate of drug-likeness (QED) is 0.497. The number of ether oxygens (including phenoxy) is 3. The number of carbonyl (C=O) groups excluding carboxylic acids is 3. The zero-order valence-electron chi connectivity index (χ0n) is 19.2. The SMILES string of the molecule is COC(=O)[C@H]1C[C@@](CCNC(=O)OC(C)(C)C)(C(=O)OC(C)(C)C)N[C@H]1c1nccs1. The molecule has 2 rings (SSSR count). The van der Waals surface area contributed by atoms with Gasteiger partial charge in [0.1, 0.15) is 21.7 Å². The minimum Gasteiger partial charge on any atom is -0.469 e. The lowest BCUT2D eigenvalue weighted by Gasteiger charge is -2.32. The molecule has 2 N–H and O–H groups in total. The van der Waals surface area contributed by atoms with E-state index in [2.05, 4.69) is 15.6 Å². The molecule has 0 unspecified atom stereocenters. The Morgan fingerprint density at radius 2 is 1.84 bits per heavy atom. The molecule has 1 aliphatic heterocycles. The van der Waals surface area contributed by atoms with Gasteiger partial charge in [0.05, 0.1) is 19.1 Å². The van der Waals surface area contributed by atoms with E-state index in [0.29, 0.717) is 5.01 Å². The van der Waals surface area contributed by atoms with Gasteiger partial charge in [-0.1, -0.05) is 0 Å². The second-order valence-corrected chi connectivity index (χ2v) is 10.5. The molecule has 1 aromatic heterocycles. The van der Waals surface area contributed by atoms with Gasteiger partial charge >= 0.3 is 18.0 Å². The maximum atomic E-state index is 13.3. The molecule has 174 valence electrons. The molecule has 1 saturated heterocycles. The Kier molecular flexibility index (Phi) is 7.70. The van der Waals surface area contributed by atoms with Gasteiger partial charge in [0.15, 0.2) is 0 Å². The van der Waals surface area contributed by atoms with Crippen LogP contribution in [-0.4, -0.2) is 53.4 Å². The molecule has 0 aliphatic carbocycles. The van der Waals surface area contributed by atoms with Crippen LogP contribution >= 0.6 is 11.3 Å². The molecule has 1 fully saturated rings. The largest absolute Gasteiger partial charge is 0.469 e. The summed E-state index contributed by atoms with van der Waals surface area (Å²) in [6, 6.07) is -0.499. The van der Waals surface area contributed by atoms with Crippen LogP contribution in [0.2, 0.25) is 0 Å². The zero-order valence-corrected chi connectivity index (χ0v) is 20.1. The number of alkyl carbamates (subject to hydrolysis) is 1. The van der Waals surface area contributed by atoms with Gasteiger partial charge in [-0.05, 0) is 54.4 Å².